The second-order valence-electron chi connectivity index (χ2n) is 5.69. The number of hydrogen-bond donors (Lipinski definition) is 1. The van der Waals surface area contributed by atoms with E-state index in [-0.39, 0.29) is 5.69 Å². The van der Waals surface area contributed by atoms with Gasteiger partial charge in [-0.3, -0.25) is 10.1 Å². The van der Waals surface area contributed by atoms with E-state index in [0.717, 1.165) is 17.0 Å². The van der Waals surface area contributed by atoms with Crippen LogP contribution in [-0.4, -0.2) is 12.0 Å². The number of hydrogen-bond acceptors (Lipinski definition) is 6. The lowest BCUT2D eigenvalue weighted by Gasteiger charge is -2.09. The molecular weight excluding hydrogens is 344 g/mol. The Kier molecular flexibility index (Phi) is 5.73. The van der Waals surface area contributed by atoms with Crippen LogP contribution in [0.25, 0.3) is 0 Å². The van der Waals surface area contributed by atoms with Gasteiger partial charge >= 0.3 is 0 Å². The smallest absolute Gasteiger partial charge is 0.269 e. The van der Waals surface area contributed by atoms with E-state index in [9.17, 15) is 10.1 Å². The van der Waals surface area contributed by atoms with Gasteiger partial charge in [-0.2, -0.15) is 5.11 Å². The molecule has 0 atom stereocenters. The molecule has 0 saturated heterocycles. The summed E-state index contributed by atoms with van der Waals surface area (Å²) < 4.78 is 5.16. The normalized spacial score (nSPS) is 10.7. The second-order valence-corrected chi connectivity index (χ2v) is 5.69. The van der Waals surface area contributed by atoms with Crippen molar-refractivity contribution in [2.45, 2.75) is 6.54 Å². The molecule has 0 fully saturated rings. The molecule has 0 spiro atoms. The van der Waals surface area contributed by atoms with Gasteiger partial charge in [0.25, 0.3) is 5.69 Å². The van der Waals surface area contributed by atoms with Crippen LogP contribution in [0.4, 0.5) is 22.7 Å². The van der Waals surface area contributed by atoms with Crippen LogP contribution in [0.15, 0.2) is 83.0 Å². The van der Waals surface area contributed by atoms with Crippen molar-refractivity contribution >= 4 is 22.7 Å². The first-order valence-corrected chi connectivity index (χ1v) is 8.28. The number of ether oxygens (including phenoxy) is 1. The van der Waals surface area contributed by atoms with Gasteiger partial charge in [0.05, 0.1) is 23.4 Å². The number of non-ortho nitro benzene ring substituents is 1. The second kappa shape index (κ2) is 8.57. The Morgan fingerprint density at radius 1 is 0.963 bits per heavy atom. The minimum Gasteiger partial charge on any atom is -0.497 e. The SMILES string of the molecule is COc1ccc(CNc2ccccc2N=Nc2ccc([N+](=O)[O-])cc2)cc1. The van der Waals surface area contributed by atoms with Crippen LogP contribution >= 0.6 is 0 Å². The zero-order chi connectivity index (χ0) is 19.1. The number of nitrogens with zero attached hydrogens (tertiary/aromatic N) is 3. The Bertz CT molecular complexity index is 938. The first-order chi connectivity index (χ1) is 13.2. The zero-order valence-corrected chi connectivity index (χ0v) is 14.7. The molecule has 0 heterocycles. The maximum atomic E-state index is 10.7. The number of nitro benzene ring substituents is 1. The van der Waals surface area contributed by atoms with Crippen LogP contribution in [-0.2, 0) is 6.54 Å². The Morgan fingerprint density at radius 2 is 1.67 bits per heavy atom. The molecule has 3 aromatic rings. The van der Waals surface area contributed by atoms with Crippen molar-refractivity contribution in [3.8, 4) is 5.75 Å². The van der Waals surface area contributed by atoms with E-state index in [1.165, 1.54) is 12.1 Å². The molecule has 0 bridgehead atoms. The van der Waals surface area contributed by atoms with Gasteiger partial charge in [-0.1, -0.05) is 24.3 Å². The minimum absolute atomic E-state index is 0.0236. The van der Waals surface area contributed by atoms with Crippen LogP contribution < -0.4 is 10.1 Å². The maximum absolute atomic E-state index is 10.7. The maximum Gasteiger partial charge on any atom is 0.269 e. The first kappa shape index (κ1) is 18.1. The van der Waals surface area contributed by atoms with Gasteiger partial charge in [0, 0.05) is 18.7 Å². The summed E-state index contributed by atoms with van der Waals surface area (Å²) in [6, 6.07) is 21.3. The molecule has 0 aromatic heterocycles. The van der Waals surface area contributed by atoms with Gasteiger partial charge in [0.1, 0.15) is 11.4 Å². The van der Waals surface area contributed by atoms with Crippen molar-refractivity contribution in [3.63, 3.8) is 0 Å². The number of rotatable bonds is 7. The summed E-state index contributed by atoms with van der Waals surface area (Å²) in [5.41, 5.74) is 3.21. The fourth-order valence-electron chi connectivity index (χ4n) is 2.40. The molecule has 136 valence electrons. The molecule has 3 rings (SSSR count). The van der Waals surface area contributed by atoms with E-state index in [0.29, 0.717) is 17.9 Å². The van der Waals surface area contributed by atoms with Crippen molar-refractivity contribution in [1.29, 1.82) is 0 Å². The molecule has 0 aliphatic carbocycles. The Balaban J connectivity index is 1.70. The van der Waals surface area contributed by atoms with E-state index in [1.807, 2.05) is 48.5 Å². The molecule has 3 aromatic carbocycles. The molecule has 0 radical (unpaired) electrons. The molecule has 27 heavy (non-hydrogen) atoms. The predicted octanol–water partition coefficient (Wildman–Crippen LogP) is 5.63. The summed E-state index contributed by atoms with van der Waals surface area (Å²) in [6.45, 7) is 0.633. The van der Waals surface area contributed by atoms with E-state index in [4.69, 9.17) is 4.74 Å². The molecule has 0 aliphatic heterocycles. The third kappa shape index (κ3) is 4.88. The Morgan fingerprint density at radius 3 is 2.33 bits per heavy atom. The molecule has 0 saturated carbocycles. The highest BCUT2D eigenvalue weighted by Crippen LogP contribution is 2.28. The highest BCUT2D eigenvalue weighted by molar-refractivity contribution is 5.65. The highest BCUT2D eigenvalue weighted by atomic mass is 16.6. The summed E-state index contributed by atoms with van der Waals surface area (Å²) in [6.07, 6.45) is 0. The van der Waals surface area contributed by atoms with E-state index < -0.39 is 4.92 Å². The first-order valence-electron chi connectivity index (χ1n) is 8.28. The van der Waals surface area contributed by atoms with Crippen molar-refractivity contribution in [2.24, 2.45) is 10.2 Å². The molecule has 0 aliphatic rings. The third-order valence-electron chi connectivity index (χ3n) is 3.88. The van der Waals surface area contributed by atoms with Crippen LogP contribution in [0, 0.1) is 10.1 Å². The molecule has 7 nitrogen and oxygen atoms in total. The molecule has 1 N–H and O–H groups in total. The largest absolute Gasteiger partial charge is 0.497 e. The summed E-state index contributed by atoms with van der Waals surface area (Å²) in [5, 5.41) is 22.5. The quantitative estimate of drug-likeness (QED) is 0.335. The summed E-state index contributed by atoms with van der Waals surface area (Å²) >= 11 is 0. The number of para-hydroxylation sites is 1. The fraction of sp³-hybridized carbons (Fsp3) is 0.100. The van der Waals surface area contributed by atoms with Gasteiger partial charge in [-0.25, -0.2) is 0 Å². The lowest BCUT2D eigenvalue weighted by Crippen LogP contribution is -1.99. The molecular formula is C20H18N4O3. The average Bonchev–Trinajstić information content (AvgIpc) is 2.72. The zero-order valence-electron chi connectivity index (χ0n) is 14.7. The summed E-state index contributed by atoms with van der Waals surface area (Å²) in [7, 11) is 1.64. The van der Waals surface area contributed by atoms with Gasteiger partial charge in [0.2, 0.25) is 0 Å². The molecule has 0 unspecified atom stereocenters. The van der Waals surface area contributed by atoms with Crippen LogP contribution in [0.1, 0.15) is 5.56 Å². The predicted molar refractivity (Wildman–Crippen MR) is 104 cm³/mol. The van der Waals surface area contributed by atoms with Gasteiger partial charge in [-0.15, -0.1) is 5.11 Å². The number of azo groups is 1. The average molecular weight is 362 g/mol. The number of anilines is 1. The van der Waals surface area contributed by atoms with Crippen LogP contribution in [0.5, 0.6) is 5.75 Å². The standard InChI is InChI=1S/C20H18N4O3/c1-27-18-12-6-15(7-13-18)14-21-19-4-2-3-5-20(19)23-22-16-8-10-17(11-9-16)24(25)26/h2-13,21H,14H2,1H3. The van der Waals surface area contributed by atoms with Crippen molar-refractivity contribution in [1.82, 2.24) is 0 Å². The van der Waals surface area contributed by atoms with E-state index in [1.54, 1.807) is 19.2 Å². The molecule has 7 heteroatoms. The number of nitrogens with one attached hydrogen (secondary N) is 1. The van der Waals surface area contributed by atoms with Crippen molar-refractivity contribution < 1.29 is 9.66 Å². The Labute approximate surface area is 156 Å². The van der Waals surface area contributed by atoms with Gasteiger partial charge < -0.3 is 10.1 Å². The Hall–Kier alpha value is -3.74. The summed E-state index contributed by atoms with van der Waals surface area (Å²) in [5.74, 6) is 0.816. The monoisotopic (exact) mass is 362 g/mol. The molecule has 0 amide bonds. The number of benzene rings is 3. The van der Waals surface area contributed by atoms with E-state index in [2.05, 4.69) is 15.5 Å². The number of nitro groups is 1. The third-order valence-corrected chi connectivity index (χ3v) is 3.88. The lowest BCUT2D eigenvalue weighted by molar-refractivity contribution is -0.384. The lowest BCUT2D eigenvalue weighted by atomic mass is 10.2. The van der Waals surface area contributed by atoms with Gasteiger partial charge in [-0.05, 0) is 42.0 Å². The van der Waals surface area contributed by atoms with Crippen LogP contribution in [0.3, 0.4) is 0 Å². The highest BCUT2D eigenvalue weighted by Gasteiger charge is 2.04. The fourth-order valence-corrected chi connectivity index (χ4v) is 2.40. The van der Waals surface area contributed by atoms with Crippen LogP contribution in [0.2, 0.25) is 0 Å². The van der Waals surface area contributed by atoms with Gasteiger partial charge in [0.15, 0.2) is 0 Å². The number of methoxy groups -OCH3 is 1. The summed E-state index contributed by atoms with van der Waals surface area (Å²) in [4.78, 5) is 10.3. The topological polar surface area (TPSA) is 89.1 Å². The van der Waals surface area contributed by atoms with Crippen molar-refractivity contribution in [2.75, 3.05) is 12.4 Å². The van der Waals surface area contributed by atoms with E-state index >= 15 is 0 Å². The van der Waals surface area contributed by atoms with Crippen molar-refractivity contribution in [3.05, 3.63) is 88.5 Å². The minimum atomic E-state index is -0.445.